The lowest BCUT2D eigenvalue weighted by molar-refractivity contribution is 0.540. The minimum absolute atomic E-state index is 0.0122. The fourth-order valence-electron chi connectivity index (χ4n) is 2.95. The predicted octanol–water partition coefficient (Wildman–Crippen LogP) is 3.40. The quantitative estimate of drug-likeness (QED) is 0.451. The van der Waals surface area contributed by atoms with Crippen LogP contribution in [0.3, 0.4) is 0 Å². The number of benzene rings is 1. The maximum absolute atomic E-state index is 13.5. The van der Waals surface area contributed by atoms with E-state index in [1.165, 1.54) is 12.1 Å². The highest BCUT2D eigenvalue weighted by Crippen LogP contribution is 2.30. The first kappa shape index (κ1) is 17.1. The summed E-state index contributed by atoms with van der Waals surface area (Å²) in [5, 5.41) is 6.38. The molecule has 3 aromatic heterocycles. The third kappa shape index (κ3) is 4.15. The van der Waals surface area contributed by atoms with Gasteiger partial charge in [0.15, 0.2) is 11.6 Å². The lowest BCUT2D eigenvalue weighted by Gasteiger charge is -2.26. The Morgan fingerprint density at radius 2 is 1.94 bits per heavy atom. The summed E-state index contributed by atoms with van der Waals surface area (Å²) in [5.41, 5.74) is -1.33. The van der Waals surface area contributed by atoms with Crippen molar-refractivity contribution in [3.8, 4) is 0 Å². The third-order valence-corrected chi connectivity index (χ3v) is 4.70. The molecule has 0 aliphatic heterocycles. The van der Waals surface area contributed by atoms with E-state index in [-0.39, 0.29) is 22.2 Å². The van der Waals surface area contributed by atoms with Crippen LogP contribution < -0.4 is 16.3 Å². The molecule has 31 heavy (non-hydrogen) atoms. The highest BCUT2D eigenvalue weighted by Gasteiger charge is 2.25. The van der Waals surface area contributed by atoms with Crippen LogP contribution in [0.1, 0.15) is 23.8 Å². The summed E-state index contributed by atoms with van der Waals surface area (Å²) in [6.45, 7) is 0.806. The van der Waals surface area contributed by atoms with Crippen LogP contribution in [0.25, 0.3) is 10.9 Å². The molecule has 0 spiro atoms. The Bertz CT molecular complexity index is 1430. The Morgan fingerprint density at radius 3 is 2.68 bits per heavy atom. The van der Waals surface area contributed by atoms with E-state index in [1.807, 2.05) is 0 Å². The predicted molar refractivity (Wildman–Crippen MR) is 116 cm³/mol. The molecule has 158 valence electrons. The first-order valence-electron chi connectivity index (χ1n) is 10.5. The molecule has 3 heterocycles. The molecule has 4 aromatic rings. The fourth-order valence-corrected chi connectivity index (χ4v) is 3.08. The molecule has 2 N–H and O–H groups in total. The van der Waals surface area contributed by atoms with Crippen LogP contribution in [0.15, 0.2) is 47.7 Å². The van der Waals surface area contributed by atoms with Crippen molar-refractivity contribution in [2.24, 2.45) is 6.98 Å². The van der Waals surface area contributed by atoms with E-state index >= 15 is 0 Å². The van der Waals surface area contributed by atoms with E-state index in [2.05, 4.69) is 35.6 Å². The standard InChI is InChI=1S/C20H18ClFN8O/c1-20(2,17-23-7-4-8-24-17)29-15-12-9-11(5-6-14(12)30(3)19(31)28-15)26-16-13(21)10-25-18(22)27-16/h4-10H,1-3H3,(H,25,26,27)(H,28,29,31)/i3D3. The van der Waals surface area contributed by atoms with Gasteiger partial charge in [-0.05, 0) is 38.1 Å². The molecule has 1 aromatic carbocycles. The molecule has 0 radical (unpaired) electrons. The Labute approximate surface area is 185 Å². The van der Waals surface area contributed by atoms with Gasteiger partial charge in [-0.15, -0.1) is 0 Å². The van der Waals surface area contributed by atoms with Crippen LogP contribution in [0.5, 0.6) is 0 Å². The van der Waals surface area contributed by atoms with Crippen LogP contribution in [0, 0.1) is 6.08 Å². The SMILES string of the molecule is [2H]C([2H])([2H])n1c(=O)nc(NC(C)(C)c2ncccn2)c2cc(Nc3nc(F)ncc3Cl)ccc21. The third-order valence-electron chi connectivity index (χ3n) is 4.42. The van der Waals surface area contributed by atoms with E-state index in [4.69, 9.17) is 15.7 Å². The number of hydrogen-bond acceptors (Lipinski definition) is 8. The second-order valence-electron chi connectivity index (χ2n) is 7.09. The number of anilines is 3. The van der Waals surface area contributed by atoms with Crippen molar-refractivity contribution < 1.29 is 8.50 Å². The normalized spacial score (nSPS) is 13.4. The van der Waals surface area contributed by atoms with Gasteiger partial charge in [-0.3, -0.25) is 4.57 Å². The first-order chi connectivity index (χ1) is 16.0. The molecule has 0 saturated heterocycles. The van der Waals surface area contributed by atoms with Gasteiger partial charge in [0.05, 0.1) is 17.3 Å². The molecule has 0 aliphatic carbocycles. The average Bonchev–Trinajstić information content (AvgIpc) is 2.76. The van der Waals surface area contributed by atoms with E-state index in [9.17, 15) is 9.18 Å². The number of fused-ring (bicyclic) bond motifs is 1. The number of hydrogen-bond donors (Lipinski definition) is 2. The zero-order chi connectivity index (χ0) is 24.7. The highest BCUT2D eigenvalue weighted by atomic mass is 35.5. The maximum Gasteiger partial charge on any atom is 0.349 e. The molecule has 0 saturated carbocycles. The summed E-state index contributed by atoms with van der Waals surface area (Å²) in [5.74, 6) is 0.558. The topological polar surface area (TPSA) is 111 Å². The summed E-state index contributed by atoms with van der Waals surface area (Å²) in [6, 6.07) is 6.17. The number of nitrogens with one attached hydrogen (secondary N) is 2. The van der Waals surface area contributed by atoms with Crippen LogP contribution in [-0.2, 0) is 12.5 Å². The average molecular weight is 444 g/mol. The zero-order valence-corrected chi connectivity index (χ0v) is 17.1. The van der Waals surface area contributed by atoms with E-state index in [0.29, 0.717) is 21.5 Å². The zero-order valence-electron chi connectivity index (χ0n) is 19.4. The number of rotatable bonds is 5. The summed E-state index contributed by atoms with van der Waals surface area (Å²) in [6.07, 6.45) is 3.29. The molecule has 4 rings (SSSR count). The number of halogens is 2. The Kier molecular flexibility index (Phi) is 4.34. The van der Waals surface area contributed by atoms with Crippen molar-refractivity contribution in [2.75, 3.05) is 10.6 Å². The van der Waals surface area contributed by atoms with Gasteiger partial charge in [-0.1, -0.05) is 11.6 Å². The molecule has 0 unspecified atom stereocenters. The van der Waals surface area contributed by atoms with Crippen LogP contribution >= 0.6 is 11.6 Å². The van der Waals surface area contributed by atoms with Gasteiger partial charge in [0.1, 0.15) is 10.8 Å². The van der Waals surface area contributed by atoms with Gasteiger partial charge in [-0.2, -0.15) is 14.4 Å². The minimum Gasteiger partial charge on any atom is -0.357 e. The van der Waals surface area contributed by atoms with Crippen molar-refractivity contribution in [1.29, 1.82) is 0 Å². The fraction of sp³-hybridized carbons (Fsp3) is 0.200. The lowest BCUT2D eigenvalue weighted by Crippen LogP contribution is -2.33. The van der Waals surface area contributed by atoms with E-state index in [0.717, 1.165) is 6.20 Å². The second kappa shape index (κ2) is 7.88. The van der Waals surface area contributed by atoms with Crippen molar-refractivity contribution in [1.82, 2.24) is 29.5 Å². The van der Waals surface area contributed by atoms with Crippen LogP contribution in [0.4, 0.5) is 21.7 Å². The second-order valence-corrected chi connectivity index (χ2v) is 7.50. The number of aryl methyl sites for hydroxylation is 1. The molecule has 0 atom stereocenters. The molecule has 11 heteroatoms. The maximum atomic E-state index is 13.5. The Balaban J connectivity index is 1.88. The summed E-state index contributed by atoms with van der Waals surface area (Å²) in [7, 11) is 0. The smallest absolute Gasteiger partial charge is 0.349 e. The molecule has 0 bridgehead atoms. The van der Waals surface area contributed by atoms with E-state index < -0.39 is 24.3 Å². The van der Waals surface area contributed by atoms with Gasteiger partial charge in [0, 0.05) is 34.6 Å². The summed E-state index contributed by atoms with van der Waals surface area (Å²) < 4.78 is 37.5. The molecular formula is C20H18ClFN8O. The van der Waals surface area contributed by atoms with E-state index in [1.54, 1.807) is 38.4 Å². The van der Waals surface area contributed by atoms with Gasteiger partial charge in [0.2, 0.25) is 0 Å². The minimum atomic E-state index is -2.77. The summed E-state index contributed by atoms with van der Waals surface area (Å²) >= 11 is 6.04. The monoisotopic (exact) mass is 443 g/mol. The summed E-state index contributed by atoms with van der Waals surface area (Å²) in [4.78, 5) is 32.2. The van der Waals surface area contributed by atoms with Gasteiger partial charge >= 0.3 is 11.8 Å². The highest BCUT2D eigenvalue weighted by molar-refractivity contribution is 6.32. The molecular weight excluding hydrogens is 423 g/mol. The van der Waals surface area contributed by atoms with Crippen molar-refractivity contribution >= 4 is 39.8 Å². The Morgan fingerprint density at radius 1 is 1.16 bits per heavy atom. The lowest BCUT2D eigenvalue weighted by atomic mass is 10.0. The van der Waals surface area contributed by atoms with Gasteiger partial charge < -0.3 is 10.6 Å². The molecule has 9 nitrogen and oxygen atoms in total. The van der Waals surface area contributed by atoms with Crippen molar-refractivity contribution in [2.45, 2.75) is 19.4 Å². The Hall–Kier alpha value is -3.66. The largest absolute Gasteiger partial charge is 0.357 e. The molecule has 0 aliphatic rings. The van der Waals surface area contributed by atoms with Crippen molar-refractivity contribution in [3.63, 3.8) is 0 Å². The van der Waals surface area contributed by atoms with Gasteiger partial charge in [-0.25, -0.2) is 19.7 Å². The van der Waals surface area contributed by atoms with Gasteiger partial charge in [0.25, 0.3) is 0 Å². The molecule has 0 amide bonds. The van der Waals surface area contributed by atoms with Crippen LogP contribution in [0.2, 0.25) is 5.02 Å². The molecule has 0 fully saturated rings. The van der Waals surface area contributed by atoms with Crippen molar-refractivity contribution in [3.05, 3.63) is 70.3 Å². The first-order valence-corrected chi connectivity index (χ1v) is 9.41. The van der Waals surface area contributed by atoms with Crippen LogP contribution in [-0.4, -0.2) is 29.5 Å². The number of aromatic nitrogens is 6. The number of nitrogens with zero attached hydrogens (tertiary/aromatic N) is 6.